The quantitative estimate of drug-likeness (QED) is 0.651. The molecule has 0 aliphatic carbocycles. The minimum Gasteiger partial charge on any atom is -0.268 e. The first-order valence-electron chi connectivity index (χ1n) is 8.48. The molecule has 2 aromatic carbocycles. The molecule has 0 atom stereocenters. The van der Waals surface area contributed by atoms with Crippen LogP contribution >= 0.6 is 11.6 Å². The number of carbonyl (C=O) groups is 1. The molecule has 0 unspecified atom stereocenters. The van der Waals surface area contributed by atoms with Crippen LogP contribution in [0.3, 0.4) is 0 Å². The largest absolute Gasteiger partial charge is 0.349 e. The molecule has 146 valence electrons. The topological polar surface area (TPSA) is 78.1 Å². The normalized spacial score (nSPS) is 12.1. The fourth-order valence-corrected chi connectivity index (χ4v) is 4.01. The van der Waals surface area contributed by atoms with Crippen molar-refractivity contribution in [1.29, 1.82) is 0 Å². The zero-order valence-electron chi connectivity index (χ0n) is 15.6. The maximum Gasteiger partial charge on any atom is 0.349 e. The average molecular weight is 419 g/mol. The number of halogens is 1. The molecule has 0 aliphatic rings. The van der Waals surface area contributed by atoms with E-state index in [0.29, 0.717) is 9.00 Å². The lowest BCUT2D eigenvalue weighted by Crippen LogP contribution is -2.32. The van der Waals surface area contributed by atoms with Crippen LogP contribution in [0.5, 0.6) is 0 Å². The van der Waals surface area contributed by atoms with Gasteiger partial charge in [0.25, 0.3) is 15.9 Å². The van der Waals surface area contributed by atoms with Gasteiger partial charge in [-0.3, -0.25) is 4.79 Å². The van der Waals surface area contributed by atoms with Gasteiger partial charge in [0.15, 0.2) is 0 Å². The highest BCUT2D eigenvalue weighted by Gasteiger charge is 2.23. The van der Waals surface area contributed by atoms with E-state index >= 15 is 0 Å². The van der Waals surface area contributed by atoms with Crippen molar-refractivity contribution in [3.05, 3.63) is 87.6 Å². The zero-order valence-corrected chi connectivity index (χ0v) is 17.2. The molecule has 1 aromatic heterocycles. The Balaban J connectivity index is 1.98. The van der Waals surface area contributed by atoms with Crippen molar-refractivity contribution >= 4 is 27.5 Å². The molecule has 0 bridgehead atoms. The Hall–Kier alpha value is -2.64. The lowest BCUT2D eigenvalue weighted by Gasteiger charge is -2.18. The summed E-state index contributed by atoms with van der Waals surface area (Å²) in [4.78, 5) is 25.2. The number of carbonyl (C=O) groups excluding carboxylic acids is 1. The van der Waals surface area contributed by atoms with Crippen molar-refractivity contribution in [1.82, 2.24) is 8.54 Å². The molecule has 0 amide bonds. The van der Waals surface area contributed by atoms with Crippen molar-refractivity contribution in [2.24, 2.45) is 0 Å². The van der Waals surface area contributed by atoms with Gasteiger partial charge in [-0.15, -0.1) is 0 Å². The molecule has 0 fully saturated rings. The van der Waals surface area contributed by atoms with Crippen LogP contribution in [-0.2, 0) is 15.4 Å². The monoisotopic (exact) mass is 418 g/mol. The second kappa shape index (κ2) is 7.07. The molecule has 0 spiro atoms. The molecule has 8 heteroatoms. The van der Waals surface area contributed by atoms with E-state index in [-0.39, 0.29) is 15.9 Å². The Bertz CT molecular complexity index is 1180. The summed E-state index contributed by atoms with van der Waals surface area (Å²) in [6.45, 7) is 6.15. The van der Waals surface area contributed by atoms with Gasteiger partial charge in [-0.2, -0.15) is 3.97 Å². The molecule has 0 aliphatic heterocycles. The first-order chi connectivity index (χ1) is 13.0. The lowest BCUT2D eigenvalue weighted by molar-refractivity contribution is 0.0956. The molecule has 1 heterocycles. The summed E-state index contributed by atoms with van der Waals surface area (Å²) in [6.07, 6.45) is 2.21. The van der Waals surface area contributed by atoms with Crippen LogP contribution in [0.15, 0.2) is 70.6 Å². The third-order valence-electron chi connectivity index (χ3n) is 4.33. The van der Waals surface area contributed by atoms with Gasteiger partial charge in [0.1, 0.15) is 0 Å². The van der Waals surface area contributed by atoms with Crippen LogP contribution in [0.4, 0.5) is 0 Å². The maximum atomic E-state index is 12.7. The van der Waals surface area contributed by atoms with Gasteiger partial charge in [-0.1, -0.05) is 44.5 Å². The van der Waals surface area contributed by atoms with Crippen LogP contribution in [-0.4, -0.2) is 22.9 Å². The van der Waals surface area contributed by atoms with E-state index in [2.05, 4.69) is 20.8 Å². The van der Waals surface area contributed by atoms with Gasteiger partial charge in [-0.25, -0.2) is 17.8 Å². The van der Waals surface area contributed by atoms with Crippen LogP contribution in [0.2, 0.25) is 5.02 Å². The predicted molar refractivity (Wildman–Crippen MR) is 108 cm³/mol. The molecule has 6 nitrogen and oxygen atoms in total. The third kappa shape index (κ3) is 3.68. The zero-order chi connectivity index (χ0) is 20.7. The molecule has 3 aromatic rings. The highest BCUT2D eigenvalue weighted by atomic mass is 35.5. The number of hydrogen-bond donors (Lipinski definition) is 0. The van der Waals surface area contributed by atoms with Gasteiger partial charge in [-0.05, 0) is 47.4 Å². The minimum absolute atomic E-state index is 0.0750. The summed E-state index contributed by atoms with van der Waals surface area (Å²) in [6, 6.07) is 12.3. The minimum atomic E-state index is -4.13. The second-order valence-electron chi connectivity index (χ2n) is 7.34. The van der Waals surface area contributed by atoms with Crippen LogP contribution < -0.4 is 5.69 Å². The summed E-state index contributed by atoms with van der Waals surface area (Å²) in [5.41, 5.74) is 0.296. The summed E-state index contributed by atoms with van der Waals surface area (Å²) < 4.78 is 26.7. The lowest BCUT2D eigenvalue weighted by atomic mass is 9.87. The number of rotatable bonds is 3. The summed E-state index contributed by atoms with van der Waals surface area (Å²) >= 11 is 5.78. The predicted octanol–water partition coefficient (Wildman–Crippen LogP) is 3.53. The Kier molecular flexibility index (Phi) is 5.08. The van der Waals surface area contributed by atoms with E-state index in [1.165, 1.54) is 24.3 Å². The van der Waals surface area contributed by atoms with Crippen molar-refractivity contribution < 1.29 is 13.2 Å². The fourth-order valence-electron chi connectivity index (χ4n) is 2.67. The molecule has 0 N–H and O–H groups in total. The summed E-state index contributed by atoms with van der Waals surface area (Å²) in [5, 5.41) is 0.373. The van der Waals surface area contributed by atoms with Crippen LogP contribution in [0.1, 0.15) is 36.7 Å². The van der Waals surface area contributed by atoms with Crippen molar-refractivity contribution in [3.8, 4) is 0 Å². The Labute approximate surface area is 168 Å². The number of imidazole rings is 1. The number of hydrogen-bond acceptors (Lipinski definition) is 4. The van der Waals surface area contributed by atoms with Crippen LogP contribution in [0, 0.1) is 0 Å². The number of aromatic nitrogens is 2. The number of benzene rings is 2. The molecule has 0 saturated carbocycles. The first kappa shape index (κ1) is 20.1. The molecule has 3 rings (SSSR count). The van der Waals surface area contributed by atoms with E-state index in [0.717, 1.165) is 22.5 Å². The molecule has 28 heavy (non-hydrogen) atoms. The fraction of sp³-hybridized carbons (Fsp3) is 0.200. The van der Waals surface area contributed by atoms with Gasteiger partial charge in [0.05, 0.1) is 4.90 Å². The molecule has 0 radical (unpaired) electrons. The third-order valence-corrected chi connectivity index (χ3v) is 6.25. The molecular formula is C20H19ClN2O4S. The smallest absolute Gasteiger partial charge is 0.268 e. The molecular weight excluding hydrogens is 400 g/mol. The van der Waals surface area contributed by atoms with Crippen molar-refractivity contribution in [2.75, 3.05) is 0 Å². The van der Waals surface area contributed by atoms with E-state index in [9.17, 15) is 18.0 Å². The van der Waals surface area contributed by atoms with Crippen molar-refractivity contribution in [2.45, 2.75) is 31.1 Å². The van der Waals surface area contributed by atoms with Crippen LogP contribution in [0.25, 0.3) is 0 Å². The Morgan fingerprint density at radius 1 is 0.929 bits per heavy atom. The van der Waals surface area contributed by atoms with Gasteiger partial charge in [0.2, 0.25) is 0 Å². The molecule has 0 saturated heterocycles. The van der Waals surface area contributed by atoms with Gasteiger partial charge < -0.3 is 0 Å². The first-order valence-corrected chi connectivity index (χ1v) is 10.3. The van der Waals surface area contributed by atoms with Gasteiger partial charge >= 0.3 is 5.69 Å². The Morgan fingerprint density at radius 2 is 1.50 bits per heavy atom. The SMILES string of the molecule is CC(C)(C)c1ccc(C(=O)n2ccn(S(=O)(=O)c3ccc(Cl)cc3)c2=O)cc1. The maximum absolute atomic E-state index is 12.7. The van der Waals surface area contributed by atoms with E-state index in [1.54, 1.807) is 12.1 Å². The van der Waals surface area contributed by atoms with Gasteiger partial charge in [0, 0.05) is 23.0 Å². The van der Waals surface area contributed by atoms with E-state index in [1.807, 2.05) is 12.1 Å². The highest BCUT2D eigenvalue weighted by Crippen LogP contribution is 2.22. The number of nitrogens with zero attached hydrogens (tertiary/aromatic N) is 2. The van der Waals surface area contributed by atoms with Crippen molar-refractivity contribution in [3.63, 3.8) is 0 Å². The standard InChI is InChI=1S/C20H19ClN2O4S/c1-20(2,3)15-6-4-14(5-7-15)18(24)22-12-13-23(19(22)25)28(26,27)17-10-8-16(21)9-11-17/h4-13H,1-3H3. The van der Waals surface area contributed by atoms with E-state index in [4.69, 9.17) is 11.6 Å². The Morgan fingerprint density at radius 3 is 2.04 bits per heavy atom. The second-order valence-corrected chi connectivity index (χ2v) is 9.59. The average Bonchev–Trinajstić information content (AvgIpc) is 3.03. The summed E-state index contributed by atoms with van der Waals surface area (Å²) in [7, 11) is -4.13. The summed E-state index contributed by atoms with van der Waals surface area (Å²) in [5.74, 6) is -0.601. The van der Waals surface area contributed by atoms with E-state index < -0.39 is 21.6 Å². The highest BCUT2D eigenvalue weighted by molar-refractivity contribution is 7.90.